The molecule has 0 spiro atoms. The quantitative estimate of drug-likeness (QED) is 0.163. The first-order valence-electron chi connectivity index (χ1n) is 21.2. The minimum atomic E-state index is -0.0823. The van der Waals surface area contributed by atoms with Gasteiger partial charge in [0.25, 0.3) is 0 Å². The second-order valence-electron chi connectivity index (χ2n) is 17.5. The lowest BCUT2D eigenvalue weighted by Crippen LogP contribution is -2.18. The van der Waals surface area contributed by atoms with Crippen molar-refractivity contribution in [2.75, 3.05) is 4.90 Å². The van der Waals surface area contributed by atoms with Crippen LogP contribution in [0.5, 0.6) is 0 Å². The molecule has 2 heterocycles. The second-order valence-corrected chi connectivity index (χ2v) is 17.5. The Morgan fingerprint density at radius 1 is 0.559 bits per heavy atom. The highest BCUT2D eigenvalue weighted by Crippen LogP contribution is 2.58. The number of anilines is 2. The Balaban J connectivity index is 0.982. The highest BCUT2D eigenvalue weighted by Gasteiger charge is 2.43. The second kappa shape index (κ2) is 12.1. The Morgan fingerprint density at radius 3 is 2.10 bits per heavy atom. The normalized spacial score (nSPS) is 16.7. The number of para-hydroxylation sites is 1. The van der Waals surface area contributed by atoms with E-state index in [-0.39, 0.29) is 11.3 Å². The molecule has 0 amide bonds. The maximum absolute atomic E-state index is 2.60. The van der Waals surface area contributed by atoms with Gasteiger partial charge in [-0.1, -0.05) is 129 Å². The summed E-state index contributed by atoms with van der Waals surface area (Å²) in [6, 6.07) is 59.5. The molecule has 1 unspecified atom stereocenters. The summed E-state index contributed by atoms with van der Waals surface area (Å²) in [5.74, 6) is 0.249. The average molecular weight is 755 g/mol. The van der Waals surface area contributed by atoms with Gasteiger partial charge in [0.05, 0.1) is 11.2 Å². The highest BCUT2D eigenvalue weighted by atomic mass is 15.2. The number of hydrogen-bond acceptors (Lipinski definition) is 1. The molecule has 0 fully saturated rings. The zero-order chi connectivity index (χ0) is 39.0. The number of nitrogens with zero attached hydrogens (tertiary/aromatic N) is 2. The smallest absolute Gasteiger partial charge is 0.0538 e. The molecule has 1 aliphatic heterocycles. The van der Waals surface area contributed by atoms with Gasteiger partial charge in [-0.25, -0.2) is 0 Å². The summed E-state index contributed by atoms with van der Waals surface area (Å²) >= 11 is 0. The lowest BCUT2D eigenvalue weighted by Gasteiger charge is -2.29. The zero-order valence-corrected chi connectivity index (χ0v) is 33.3. The molecule has 2 nitrogen and oxygen atoms in total. The standard InChI is InChI=1S/C57H42N2/c1-57(2)51-22-12-10-20-43(51)47-32-50-49-31-45-41-18-8-6-16-39(41)40-17-7-9-19-42(40)46(45)33-55(49)59(56(50)34-52(47)57)38-27-24-35(25-28-38)36-26-29-54-48(30-36)44-21-11-13-23-53(44)58(54)37-14-4-3-5-15-37/h3-10,12-20,22-30,32-34,49H,11,21,31H2,1-2H3. The van der Waals surface area contributed by atoms with E-state index in [4.69, 9.17) is 0 Å². The first-order chi connectivity index (χ1) is 29.0. The molecule has 0 bridgehead atoms. The number of aryl methyl sites for hydroxylation is 1. The minimum Gasteiger partial charge on any atom is -0.313 e. The van der Waals surface area contributed by atoms with Crippen LogP contribution < -0.4 is 4.90 Å². The van der Waals surface area contributed by atoms with Gasteiger partial charge < -0.3 is 9.47 Å². The van der Waals surface area contributed by atoms with Crippen LogP contribution in [-0.2, 0) is 18.3 Å². The highest BCUT2D eigenvalue weighted by molar-refractivity contribution is 6.13. The van der Waals surface area contributed by atoms with Gasteiger partial charge in [-0.3, -0.25) is 0 Å². The van der Waals surface area contributed by atoms with Crippen molar-refractivity contribution in [2.24, 2.45) is 0 Å². The van der Waals surface area contributed by atoms with Crippen molar-refractivity contribution >= 4 is 56.0 Å². The fraction of sp³-hybridized carbons (Fsp3) is 0.123. The van der Waals surface area contributed by atoms with Crippen molar-refractivity contribution in [3.05, 3.63) is 209 Å². The Bertz CT molecular complexity index is 3320. The fourth-order valence-electron chi connectivity index (χ4n) is 11.4. The molecule has 8 aromatic carbocycles. The summed E-state index contributed by atoms with van der Waals surface area (Å²) in [6.45, 7) is 4.80. The van der Waals surface area contributed by atoms with E-state index >= 15 is 0 Å². The predicted molar refractivity (Wildman–Crippen MR) is 248 cm³/mol. The van der Waals surface area contributed by atoms with E-state index < -0.39 is 0 Å². The SMILES string of the molecule is CC1(C)c2ccccc2-c2cc3c(cc21)N(c1ccc(-c2ccc4c(c2)c2c(n4-c4ccccc4)C=CCC2)cc1)C1=Cc2c(c4ccccc4c4ccccc24)CC13. The van der Waals surface area contributed by atoms with Crippen LogP contribution in [0.1, 0.15) is 65.3 Å². The van der Waals surface area contributed by atoms with E-state index in [1.807, 2.05) is 0 Å². The summed E-state index contributed by atoms with van der Waals surface area (Å²) < 4.78 is 2.44. The molecule has 0 radical (unpaired) electrons. The fourth-order valence-corrected chi connectivity index (χ4v) is 11.4. The molecular formula is C57H42N2. The lowest BCUT2D eigenvalue weighted by atomic mass is 9.78. The maximum atomic E-state index is 2.60. The molecule has 1 aromatic heterocycles. The molecule has 0 saturated heterocycles. The number of fused-ring (bicyclic) bond motifs is 15. The van der Waals surface area contributed by atoms with Crippen molar-refractivity contribution in [3.8, 4) is 27.9 Å². The minimum absolute atomic E-state index is 0.0823. The molecule has 3 aliphatic carbocycles. The van der Waals surface area contributed by atoms with E-state index in [0.29, 0.717) is 0 Å². The summed E-state index contributed by atoms with van der Waals surface area (Å²) in [4.78, 5) is 2.60. The molecule has 1 atom stereocenters. The first-order valence-corrected chi connectivity index (χ1v) is 21.2. The third kappa shape index (κ3) is 4.57. The van der Waals surface area contributed by atoms with Crippen LogP contribution >= 0.6 is 0 Å². The van der Waals surface area contributed by atoms with Gasteiger partial charge in [0.15, 0.2) is 0 Å². The van der Waals surface area contributed by atoms with Crippen LogP contribution in [0, 0.1) is 0 Å². The molecule has 2 heteroatoms. The van der Waals surface area contributed by atoms with Crippen molar-refractivity contribution in [2.45, 2.75) is 44.4 Å². The summed E-state index contributed by atoms with van der Waals surface area (Å²) in [5.41, 5.74) is 21.4. The first kappa shape index (κ1) is 33.1. The average Bonchev–Trinajstić information content (AvgIpc) is 3.87. The molecule has 0 N–H and O–H groups in total. The Hall–Kier alpha value is -6.90. The Kier molecular flexibility index (Phi) is 6.77. The molecule has 280 valence electrons. The van der Waals surface area contributed by atoms with E-state index in [9.17, 15) is 0 Å². The van der Waals surface area contributed by atoms with E-state index in [1.165, 1.54) is 117 Å². The largest absolute Gasteiger partial charge is 0.313 e. The summed E-state index contributed by atoms with van der Waals surface area (Å²) in [5, 5.41) is 6.75. The molecule has 13 rings (SSSR count). The van der Waals surface area contributed by atoms with E-state index in [0.717, 1.165) is 19.3 Å². The number of benzene rings is 8. The molecule has 59 heavy (non-hydrogen) atoms. The Morgan fingerprint density at radius 2 is 1.27 bits per heavy atom. The third-order valence-electron chi connectivity index (χ3n) is 14.2. The van der Waals surface area contributed by atoms with Crippen LogP contribution in [0.15, 0.2) is 169 Å². The van der Waals surface area contributed by atoms with Crippen LogP contribution in [0.4, 0.5) is 11.4 Å². The van der Waals surface area contributed by atoms with Crippen LogP contribution in [-0.4, -0.2) is 4.57 Å². The summed E-state index contributed by atoms with van der Waals surface area (Å²) in [6.07, 6.45) is 10.3. The number of rotatable bonds is 3. The van der Waals surface area contributed by atoms with Crippen LogP contribution in [0.2, 0.25) is 0 Å². The maximum Gasteiger partial charge on any atom is 0.0538 e. The van der Waals surface area contributed by atoms with Gasteiger partial charge >= 0.3 is 0 Å². The Labute approximate surface area is 345 Å². The van der Waals surface area contributed by atoms with Gasteiger partial charge in [0.2, 0.25) is 0 Å². The van der Waals surface area contributed by atoms with Crippen molar-refractivity contribution < 1.29 is 0 Å². The van der Waals surface area contributed by atoms with E-state index in [2.05, 4.69) is 199 Å². The van der Waals surface area contributed by atoms with E-state index in [1.54, 1.807) is 0 Å². The number of aromatic nitrogens is 1. The van der Waals surface area contributed by atoms with Gasteiger partial charge in [-0.15, -0.1) is 0 Å². The summed E-state index contributed by atoms with van der Waals surface area (Å²) in [7, 11) is 0. The predicted octanol–water partition coefficient (Wildman–Crippen LogP) is 14.7. The van der Waals surface area contributed by atoms with Gasteiger partial charge in [0, 0.05) is 39.5 Å². The lowest BCUT2D eigenvalue weighted by molar-refractivity contribution is 0.660. The molecular weight excluding hydrogens is 713 g/mol. The molecule has 9 aromatic rings. The molecule has 4 aliphatic rings. The number of hydrogen-bond donors (Lipinski definition) is 0. The van der Waals surface area contributed by atoms with Gasteiger partial charge in [0.1, 0.15) is 0 Å². The van der Waals surface area contributed by atoms with Crippen LogP contribution in [0.25, 0.3) is 72.5 Å². The molecule has 0 saturated carbocycles. The number of allylic oxidation sites excluding steroid dienone is 2. The monoisotopic (exact) mass is 754 g/mol. The van der Waals surface area contributed by atoms with Crippen molar-refractivity contribution in [3.63, 3.8) is 0 Å². The van der Waals surface area contributed by atoms with Crippen molar-refractivity contribution in [1.29, 1.82) is 0 Å². The van der Waals surface area contributed by atoms with Gasteiger partial charge in [-0.2, -0.15) is 0 Å². The van der Waals surface area contributed by atoms with Crippen molar-refractivity contribution in [1.82, 2.24) is 4.57 Å². The zero-order valence-electron chi connectivity index (χ0n) is 33.3. The van der Waals surface area contributed by atoms with Crippen LogP contribution in [0.3, 0.4) is 0 Å². The van der Waals surface area contributed by atoms with Gasteiger partial charge in [-0.05, 0) is 157 Å². The topological polar surface area (TPSA) is 8.17 Å². The third-order valence-corrected chi connectivity index (χ3v) is 14.2.